The fourth-order valence-corrected chi connectivity index (χ4v) is 6.68. The summed E-state index contributed by atoms with van der Waals surface area (Å²) in [6.45, 7) is 1.83. The minimum atomic E-state index is -1.01. The molecule has 1 aromatic carbocycles. The van der Waals surface area contributed by atoms with E-state index in [4.69, 9.17) is 4.74 Å². The largest absolute Gasteiger partial charge is 0.381 e. The normalized spacial score (nSPS) is 25.0. The number of fused-ring (bicyclic) bond motifs is 1. The molecule has 1 unspecified atom stereocenters. The summed E-state index contributed by atoms with van der Waals surface area (Å²) >= 11 is 0. The lowest BCUT2D eigenvalue weighted by atomic mass is 9.86. The Kier molecular flexibility index (Phi) is 7.80. The molecule has 1 atom stereocenters. The zero-order valence-electron chi connectivity index (χ0n) is 23.7. The van der Waals surface area contributed by atoms with Crippen LogP contribution in [-0.4, -0.2) is 81.5 Å². The fourth-order valence-electron chi connectivity index (χ4n) is 6.68. The molecule has 2 aromatic rings. The Morgan fingerprint density at radius 3 is 2.50 bits per heavy atom. The van der Waals surface area contributed by atoms with Gasteiger partial charge in [-0.25, -0.2) is 0 Å². The molecule has 12 heteroatoms. The van der Waals surface area contributed by atoms with E-state index >= 15 is 0 Å². The van der Waals surface area contributed by atoms with E-state index in [0.29, 0.717) is 12.2 Å². The lowest BCUT2D eigenvalue weighted by molar-refractivity contribution is -0.139. The summed E-state index contributed by atoms with van der Waals surface area (Å²) < 4.78 is 7.40. The highest BCUT2D eigenvalue weighted by molar-refractivity contribution is 6.25. The monoisotopic (exact) mass is 576 g/mol. The third-order valence-electron chi connectivity index (χ3n) is 9.11. The fraction of sp³-hybridized carbons (Fsp3) is 0.533. The highest BCUT2D eigenvalue weighted by Crippen LogP contribution is 2.33. The number of benzene rings is 1. The number of carbonyl (C=O) groups is 5. The molecule has 0 bridgehead atoms. The average Bonchev–Trinajstić information content (AvgIpc) is 3.59. The second-order valence-corrected chi connectivity index (χ2v) is 11.6. The van der Waals surface area contributed by atoms with Crippen LogP contribution in [-0.2, 0) is 25.7 Å². The lowest BCUT2D eigenvalue weighted by Crippen LogP contribution is -2.54. The number of hydrogen-bond acceptors (Lipinski definition) is 8. The summed E-state index contributed by atoms with van der Waals surface area (Å²) in [5, 5.41) is 10.1. The van der Waals surface area contributed by atoms with Gasteiger partial charge in [0.05, 0.1) is 29.5 Å². The summed E-state index contributed by atoms with van der Waals surface area (Å²) in [7, 11) is 1.74. The molecule has 12 nitrogen and oxygen atoms in total. The van der Waals surface area contributed by atoms with Crippen LogP contribution in [0.5, 0.6) is 0 Å². The highest BCUT2D eigenvalue weighted by Gasteiger charge is 2.45. The van der Waals surface area contributed by atoms with Gasteiger partial charge in [0.2, 0.25) is 17.7 Å². The number of likely N-dealkylation sites (tertiary alicyclic amines) is 1. The van der Waals surface area contributed by atoms with Crippen LogP contribution in [0.4, 0.5) is 5.69 Å². The number of rotatable bonds is 7. The third-order valence-corrected chi connectivity index (χ3v) is 9.11. The molecule has 2 N–H and O–H groups in total. The SMILES string of the molecule is COC1CCC(C(=O)N2CCC(n3cc(CNc4cccc5c4C(=O)N(C4CCC(=O)NC4=O)C5=O)cn3)CC2)CC1. The van der Waals surface area contributed by atoms with Crippen molar-refractivity contribution in [1.29, 1.82) is 0 Å². The van der Waals surface area contributed by atoms with E-state index in [2.05, 4.69) is 15.7 Å². The molecule has 1 aliphatic carbocycles. The van der Waals surface area contributed by atoms with Gasteiger partial charge in [0, 0.05) is 56.5 Å². The molecule has 6 rings (SSSR count). The van der Waals surface area contributed by atoms with Crippen molar-refractivity contribution in [2.75, 3.05) is 25.5 Å². The van der Waals surface area contributed by atoms with Crippen molar-refractivity contribution in [3.8, 4) is 0 Å². The van der Waals surface area contributed by atoms with Gasteiger partial charge in [0.1, 0.15) is 6.04 Å². The maximum atomic E-state index is 13.3. The van der Waals surface area contributed by atoms with E-state index in [0.717, 1.165) is 62.1 Å². The molecular weight excluding hydrogens is 540 g/mol. The number of nitrogens with zero attached hydrogens (tertiary/aromatic N) is 4. The number of hydrogen-bond donors (Lipinski definition) is 2. The van der Waals surface area contributed by atoms with Gasteiger partial charge in [-0.3, -0.25) is 38.9 Å². The molecule has 0 radical (unpaired) electrons. The van der Waals surface area contributed by atoms with Gasteiger partial charge >= 0.3 is 0 Å². The number of anilines is 1. The second-order valence-electron chi connectivity index (χ2n) is 11.6. The van der Waals surface area contributed by atoms with Gasteiger partial charge in [0.25, 0.3) is 11.8 Å². The van der Waals surface area contributed by atoms with Crippen molar-refractivity contribution in [3.05, 3.63) is 47.3 Å². The van der Waals surface area contributed by atoms with Crippen molar-refractivity contribution >= 4 is 35.2 Å². The number of carbonyl (C=O) groups excluding carboxylic acids is 5. The van der Waals surface area contributed by atoms with Crippen molar-refractivity contribution in [3.63, 3.8) is 0 Å². The van der Waals surface area contributed by atoms with E-state index in [9.17, 15) is 24.0 Å². The minimum Gasteiger partial charge on any atom is -0.381 e. The van der Waals surface area contributed by atoms with Gasteiger partial charge in [-0.1, -0.05) is 6.07 Å². The van der Waals surface area contributed by atoms with E-state index in [1.54, 1.807) is 31.5 Å². The molecule has 5 amide bonds. The first-order valence-electron chi connectivity index (χ1n) is 14.8. The number of methoxy groups -OCH3 is 1. The molecule has 4 aliphatic rings. The molecule has 4 heterocycles. The van der Waals surface area contributed by atoms with E-state index in [1.165, 1.54) is 0 Å². The maximum absolute atomic E-state index is 13.3. The molecule has 222 valence electrons. The van der Waals surface area contributed by atoms with Crippen LogP contribution in [0, 0.1) is 5.92 Å². The van der Waals surface area contributed by atoms with Crippen molar-refractivity contribution in [1.82, 2.24) is 24.9 Å². The van der Waals surface area contributed by atoms with Crippen molar-refractivity contribution in [2.45, 2.75) is 76.1 Å². The van der Waals surface area contributed by atoms with Gasteiger partial charge in [-0.05, 0) is 57.1 Å². The van der Waals surface area contributed by atoms with Crippen LogP contribution < -0.4 is 10.6 Å². The summed E-state index contributed by atoms with van der Waals surface area (Å²) in [6, 6.07) is 4.20. The van der Waals surface area contributed by atoms with Gasteiger partial charge in [0.15, 0.2) is 0 Å². The number of amides is 5. The topological polar surface area (TPSA) is 143 Å². The predicted octanol–water partition coefficient (Wildman–Crippen LogP) is 2.27. The number of piperidine rings is 2. The Morgan fingerprint density at radius 1 is 1.02 bits per heavy atom. The smallest absolute Gasteiger partial charge is 0.264 e. The third kappa shape index (κ3) is 5.31. The first kappa shape index (κ1) is 28.1. The minimum absolute atomic E-state index is 0.0734. The molecular formula is C30H36N6O6. The van der Waals surface area contributed by atoms with Crippen LogP contribution in [0.1, 0.15) is 83.7 Å². The Hall–Kier alpha value is -4.06. The molecule has 1 saturated carbocycles. The number of nitrogens with one attached hydrogen (secondary N) is 2. The molecule has 2 saturated heterocycles. The standard InChI is InChI=1S/C30H36N6O6/c1-42-21-7-5-19(6-8-21)28(39)34-13-11-20(12-14-34)35-17-18(16-32-35)15-31-23-4-2-3-22-26(23)30(41)36(29(22)40)24-9-10-25(37)33-27(24)38/h2-4,16-17,19-21,24,31H,5-15H2,1H3,(H,33,37,38). The quantitative estimate of drug-likeness (QED) is 0.478. The Balaban J connectivity index is 1.05. The molecule has 1 aromatic heterocycles. The van der Waals surface area contributed by atoms with E-state index < -0.39 is 29.7 Å². The molecule has 42 heavy (non-hydrogen) atoms. The van der Waals surface area contributed by atoms with Crippen LogP contribution in [0.25, 0.3) is 0 Å². The summed E-state index contributed by atoms with van der Waals surface area (Å²) in [4.78, 5) is 66.4. The van der Waals surface area contributed by atoms with E-state index in [-0.39, 0.29) is 47.9 Å². The van der Waals surface area contributed by atoms with Crippen LogP contribution >= 0.6 is 0 Å². The van der Waals surface area contributed by atoms with E-state index in [1.807, 2.05) is 15.8 Å². The summed E-state index contributed by atoms with van der Waals surface area (Å²) in [5.41, 5.74) is 1.88. The zero-order valence-corrected chi connectivity index (χ0v) is 23.7. The second kappa shape index (κ2) is 11.7. The molecule has 3 fully saturated rings. The highest BCUT2D eigenvalue weighted by atomic mass is 16.5. The number of ether oxygens (including phenoxy) is 1. The number of aromatic nitrogens is 2. The Morgan fingerprint density at radius 2 is 1.79 bits per heavy atom. The number of imide groups is 2. The van der Waals surface area contributed by atoms with Crippen LogP contribution in [0.2, 0.25) is 0 Å². The van der Waals surface area contributed by atoms with Gasteiger partial charge in [-0.2, -0.15) is 5.10 Å². The van der Waals surface area contributed by atoms with Gasteiger partial charge < -0.3 is 15.0 Å². The van der Waals surface area contributed by atoms with Crippen LogP contribution in [0.15, 0.2) is 30.6 Å². The van der Waals surface area contributed by atoms with Crippen molar-refractivity contribution in [2.24, 2.45) is 5.92 Å². The van der Waals surface area contributed by atoms with Gasteiger partial charge in [-0.15, -0.1) is 0 Å². The first-order chi connectivity index (χ1) is 20.3. The first-order valence-corrected chi connectivity index (χ1v) is 14.8. The maximum Gasteiger partial charge on any atom is 0.264 e. The summed E-state index contributed by atoms with van der Waals surface area (Å²) in [6.07, 6.45) is 9.59. The Bertz CT molecular complexity index is 1400. The lowest BCUT2D eigenvalue weighted by Gasteiger charge is -2.36. The molecule has 3 aliphatic heterocycles. The molecule has 0 spiro atoms. The Labute approximate surface area is 243 Å². The summed E-state index contributed by atoms with van der Waals surface area (Å²) in [5.74, 6) is -1.74. The van der Waals surface area contributed by atoms with Crippen molar-refractivity contribution < 1.29 is 28.7 Å². The predicted molar refractivity (Wildman–Crippen MR) is 150 cm³/mol. The average molecular weight is 577 g/mol. The zero-order chi connectivity index (χ0) is 29.4. The van der Waals surface area contributed by atoms with Crippen LogP contribution in [0.3, 0.4) is 0 Å².